The number of nitrogens with two attached hydrogens (primary N) is 1. The monoisotopic (exact) mass is 323 g/mol. The first-order valence-electron chi connectivity index (χ1n) is 5.82. The van der Waals surface area contributed by atoms with E-state index in [4.69, 9.17) is 17.3 Å². The molecule has 3 heteroatoms. The van der Waals surface area contributed by atoms with Crippen molar-refractivity contribution in [2.24, 2.45) is 5.73 Å². The Balaban J connectivity index is 2.13. The number of halogens is 2. The Bertz CT molecular complexity index is 537. The Labute approximate surface area is 121 Å². The predicted molar refractivity (Wildman–Crippen MR) is 81.0 cm³/mol. The second-order valence-electron chi connectivity index (χ2n) is 4.47. The van der Waals surface area contributed by atoms with Gasteiger partial charge in [-0.2, -0.15) is 0 Å². The smallest absolute Gasteiger partial charge is 0.0548 e. The fourth-order valence-corrected chi connectivity index (χ4v) is 2.35. The number of rotatable bonds is 3. The molecule has 18 heavy (non-hydrogen) atoms. The van der Waals surface area contributed by atoms with Crippen LogP contribution in [0.5, 0.6) is 0 Å². The molecule has 0 radical (unpaired) electrons. The molecule has 2 N–H and O–H groups in total. The lowest BCUT2D eigenvalue weighted by atomic mass is 9.99. The van der Waals surface area contributed by atoms with Gasteiger partial charge in [-0.25, -0.2) is 0 Å². The molecule has 0 aliphatic heterocycles. The summed E-state index contributed by atoms with van der Waals surface area (Å²) in [5, 5.41) is 0.710. The molecule has 1 nitrogen and oxygen atoms in total. The van der Waals surface area contributed by atoms with Crippen LogP contribution in [0, 0.1) is 6.92 Å². The van der Waals surface area contributed by atoms with Crippen LogP contribution >= 0.6 is 27.5 Å². The van der Waals surface area contributed by atoms with Gasteiger partial charge in [-0.05, 0) is 52.5 Å². The summed E-state index contributed by atoms with van der Waals surface area (Å²) in [6, 6.07) is 14.3. The van der Waals surface area contributed by atoms with Crippen molar-refractivity contribution in [1.82, 2.24) is 0 Å². The molecule has 0 saturated heterocycles. The molecule has 0 saturated carbocycles. The van der Waals surface area contributed by atoms with Crippen LogP contribution in [-0.4, -0.2) is 0 Å². The molecule has 0 aliphatic carbocycles. The average Bonchev–Trinajstić information content (AvgIpc) is 2.35. The van der Waals surface area contributed by atoms with Gasteiger partial charge in [0.1, 0.15) is 0 Å². The Morgan fingerprint density at radius 2 is 1.83 bits per heavy atom. The zero-order chi connectivity index (χ0) is 13.1. The third-order valence-corrected chi connectivity index (χ3v) is 4.16. The second-order valence-corrected chi connectivity index (χ2v) is 5.73. The highest BCUT2D eigenvalue weighted by atomic mass is 79.9. The van der Waals surface area contributed by atoms with Gasteiger partial charge in [0, 0.05) is 10.5 Å². The number of hydrogen-bond acceptors (Lipinski definition) is 1. The van der Waals surface area contributed by atoms with Crippen molar-refractivity contribution >= 4 is 27.5 Å². The molecule has 0 aromatic heterocycles. The first-order valence-corrected chi connectivity index (χ1v) is 6.99. The normalized spacial score (nSPS) is 12.4. The van der Waals surface area contributed by atoms with E-state index < -0.39 is 0 Å². The highest BCUT2D eigenvalue weighted by Crippen LogP contribution is 2.26. The summed E-state index contributed by atoms with van der Waals surface area (Å²) in [4.78, 5) is 0. The van der Waals surface area contributed by atoms with Gasteiger partial charge in [0.15, 0.2) is 0 Å². The Morgan fingerprint density at radius 1 is 1.17 bits per heavy atom. The molecular formula is C15H15BrClN. The summed E-state index contributed by atoms with van der Waals surface area (Å²) in [7, 11) is 0. The predicted octanol–water partition coefficient (Wildman–Crippen LogP) is 4.65. The minimum absolute atomic E-state index is 0.0127. The number of aryl methyl sites for hydroxylation is 1. The fraction of sp³-hybridized carbons (Fsp3) is 0.200. The molecule has 1 atom stereocenters. The Morgan fingerprint density at radius 3 is 2.44 bits per heavy atom. The van der Waals surface area contributed by atoms with E-state index >= 15 is 0 Å². The van der Waals surface area contributed by atoms with Crippen molar-refractivity contribution in [2.45, 2.75) is 19.4 Å². The van der Waals surface area contributed by atoms with Crippen LogP contribution in [0.2, 0.25) is 5.02 Å². The van der Waals surface area contributed by atoms with Gasteiger partial charge in [0.25, 0.3) is 0 Å². The van der Waals surface area contributed by atoms with E-state index in [1.54, 1.807) is 0 Å². The van der Waals surface area contributed by atoms with E-state index in [-0.39, 0.29) is 6.04 Å². The molecule has 2 aromatic carbocycles. The fourth-order valence-electron chi connectivity index (χ4n) is 1.84. The molecule has 94 valence electrons. The molecule has 2 rings (SSSR count). The summed E-state index contributed by atoms with van der Waals surface area (Å²) >= 11 is 9.40. The number of benzene rings is 2. The van der Waals surface area contributed by atoms with Crippen LogP contribution in [-0.2, 0) is 6.42 Å². The summed E-state index contributed by atoms with van der Waals surface area (Å²) in [5.41, 5.74) is 9.82. The van der Waals surface area contributed by atoms with Crippen LogP contribution in [0.4, 0.5) is 0 Å². The van der Waals surface area contributed by atoms with Crippen LogP contribution in [0.3, 0.4) is 0 Å². The topological polar surface area (TPSA) is 26.0 Å². The number of hydrogen-bond donors (Lipinski definition) is 1. The van der Waals surface area contributed by atoms with Crippen molar-refractivity contribution in [3.63, 3.8) is 0 Å². The van der Waals surface area contributed by atoms with Crippen LogP contribution in [0.1, 0.15) is 22.7 Å². The Kier molecular flexibility index (Phi) is 4.44. The summed E-state index contributed by atoms with van der Waals surface area (Å²) < 4.78 is 0.890. The SMILES string of the molecule is Cc1ccc(CC(N)c2ccc(Cl)c(Br)c2)cc1. The molecule has 2 aromatic rings. The summed E-state index contributed by atoms with van der Waals surface area (Å²) in [5.74, 6) is 0. The van der Waals surface area contributed by atoms with E-state index in [0.29, 0.717) is 5.02 Å². The quantitative estimate of drug-likeness (QED) is 0.873. The van der Waals surface area contributed by atoms with Crippen molar-refractivity contribution in [2.75, 3.05) is 0 Å². The highest BCUT2D eigenvalue weighted by Gasteiger charge is 2.08. The molecule has 0 aliphatic rings. The maximum atomic E-state index is 6.22. The molecule has 0 amide bonds. The van der Waals surface area contributed by atoms with E-state index in [1.807, 2.05) is 18.2 Å². The van der Waals surface area contributed by atoms with Crippen LogP contribution < -0.4 is 5.73 Å². The lowest BCUT2D eigenvalue weighted by molar-refractivity contribution is 0.721. The lowest BCUT2D eigenvalue weighted by Crippen LogP contribution is -2.13. The van der Waals surface area contributed by atoms with Gasteiger partial charge in [-0.1, -0.05) is 47.5 Å². The van der Waals surface area contributed by atoms with Crippen molar-refractivity contribution in [3.8, 4) is 0 Å². The van der Waals surface area contributed by atoms with E-state index in [2.05, 4.69) is 47.1 Å². The molecule has 0 bridgehead atoms. The zero-order valence-electron chi connectivity index (χ0n) is 10.2. The maximum Gasteiger partial charge on any atom is 0.0548 e. The summed E-state index contributed by atoms with van der Waals surface area (Å²) in [6.45, 7) is 2.08. The van der Waals surface area contributed by atoms with Gasteiger partial charge in [0.2, 0.25) is 0 Å². The average molecular weight is 325 g/mol. The molecule has 0 spiro atoms. The largest absolute Gasteiger partial charge is 0.324 e. The first kappa shape index (κ1) is 13.6. The van der Waals surface area contributed by atoms with Gasteiger partial charge in [0.05, 0.1) is 5.02 Å². The van der Waals surface area contributed by atoms with Crippen LogP contribution in [0.15, 0.2) is 46.9 Å². The van der Waals surface area contributed by atoms with Gasteiger partial charge >= 0.3 is 0 Å². The molecule has 0 fully saturated rings. The Hall–Kier alpha value is -0.830. The summed E-state index contributed by atoms with van der Waals surface area (Å²) in [6.07, 6.45) is 0.828. The van der Waals surface area contributed by atoms with Crippen molar-refractivity contribution < 1.29 is 0 Å². The highest BCUT2D eigenvalue weighted by molar-refractivity contribution is 9.10. The van der Waals surface area contributed by atoms with E-state index in [0.717, 1.165) is 16.5 Å². The van der Waals surface area contributed by atoms with Crippen molar-refractivity contribution in [3.05, 3.63) is 68.7 Å². The molecular weight excluding hydrogens is 310 g/mol. The molecule has 1 unspecified atom stereocenters. The third-order valence-electron chi connectivity index (χ3n) is 2.95. The minimum Gasteiger partial charge on any atom is -0.324 e. The van der Waals surface area contributed by atoms with Gasteiger partial charge in [-0.3, -0.25) is 0 Å². The lowest BCUT2D eigenvalue weighted by Gasteiger charge is -2.13. The maximum absolute atomic E-state index is 6.22. The van der Waals surface area contributed by atoms with E-state index in [1.165, 1.54) is 11.1 Å². The van der Waals surface area contributed by atoms with Gasteiger partial charge in [-0.15, -0.1) is 0 Å². The third kappa shape index (κ3) is 3.35. The second kappa shape index (κ2) is 5.87. The standard InChI is InChI=1S/C15H15BrClN/c1-10-2-4-11(5-3-10)8-15(18)12-6-7-14(17)13(16)9-12/h2-7,9,15H,8,18H2,1H3. The minimum atomic E-state index is -0.0127. The first-order chi connectivity index (χ1) is 8.56. The van der Waals surface area contributed by atoms with Gasteiger partial charge < -0.3 is 5.73 Å². The molecule has 0 heterocycles. The van der Waals surface area contributed by atoms with E-state index in [9.17, 15) is 0 Å². The van der Waals surface area contributed by atoms with Crippen molar-refractivity contribution in [1.29, 1.82) is 0 Å². The zero-order valence-corrected chi connectivity index (χ0v) is 12.5. The van der Waals surface area contributed by atoms with Crippen LogP contribution in [0.25, 0.3) is 0 Å².